The number of fused-ring (bicyclic) bond motifs is 1. The predicted molar refractivity (Wildman–Crippen MR) is 76.9 cm³/mol. The largest absolute Gasteiger partial charge is 0.455 e. The van der Waals surface area contributed by atoms with Crippen LogP contribution in [0.4, 0.5) is 0 Å². The van der Waals surface area contributed by atoms with E-state index in [0.29, 0.717) is 13.0 Å². The fourth-order valence-corrected chi connectivity index (χ4v) is 3.47. The molecule has 0 N–H and O–H groups in total. The number of ether oxygens (including phenoxy) is 3. The van der Waals surface area contributed by atoms with Crippen molar-refractivity contribution in [2.45, 2.75) is 70.1 Å². The summed E-state index contributed by atoms with van der Waals surface area (Å²) in [5.41, 5.74) is 0. The molecule has 0 aromatic rings. The highest BCUT2D eigenvalue weighted by molar-refractivity contribution is 6.74. The lowest BCUT2D eigenvalue weighted by molar-refractivity contribution is -0.208. The Morgan fingerprint density at radius 3 is 2.55 bits per heavy atom. The van der Waals surface area contributed by atoms with Crippen LogP contribution >= 0.6 is 0 Å². The summed E-state index contributed by atoms with van der Waals surface area (Å²) in [6, 6.07) is 0. The highest BCUT2D eigenvalue weighted by atomic mass is 28.4. The summed E-state index contributed by atoms with van der Waals surface area (Å²) in [7, 11) is -1.98. The molecule has 0 bridgehead atoms. The highest BCUT2D eigenvalue weighted by Crippen LogP contribution is 2.38. The second kappa shape index (κ2) is 5.75. The van der Waals surface area contributed by atoms with Crippen molar-refractivity contribution in [2.24, 2.45) is 0 Å². The Morgan fingerprint density at radius 1 is 1.20 bits per heavy atom. The molecule has 20 heavy (non-hydrogen) atoms. The van der Waals surface area contributed by atoms with Crippen molar-refractivity contribution in [3.05, 3.63) is 0 Å². The van der Waals surface area contributed by atoms with Crippen molar-refractivity contribution in [1.29, 1.82) is 0 Å². The van der Waals surface area contributed by atoms with Gasteiger partial charge in [0, 0.05) is 0 Å². The molecule has 2 heterocycles. The number of rotatable bonds is 2. The topological polar surface area (TPSA) is 54.0 Å². The lowest BCUT2D eigenvalue weighted by atomic mass is 10.1. The molecule has 0 amide bonds. The van der Waals surface area contributed by atoms with Gasteiger partial charge in [-0.15, -0.1) is 0 Å². The molecular formula is C14H26O5Si. The molecule has 2 aliphatic rings. The minimum absolute atomic E-state index is 0.0549. The van der Waals surface area contributed by atoms with Gasteiger partial charge in [-0.2, -0.15) is 0 Å². The Labute approximate surface area is 122 Å². The standard InChI is InChI=1S/C14H26O5Si/c1-14(2,3)20(4,5)19-11-7-6-10-12(18-13(11)15)8-16-9-17-10/h10-12H,6-9H2,1-5H3/t10-,11-,12+/m0/s1. The summed E-state index contributed by atoms with van der Waals surface area (Å²) >= 11 is 0. The first-order valence-corrected chi connectivity index (χ1v) is 10.2. The zero-order valence-electron chi connectivity index (χ0n) is 13.1. The minimum Gasteiger partial charge on any atom is -0.455 e. The van der Waals surface area contributed by atoms with Gasteiger partial charge in [0.05, 0.1) is 12.7 Å². The normalized spacial score (nSPS) is 32.2. The fourth-order valence-electron chi connectivity index (χ4n) is 2.19. The third kappa shape index (κ3) is 3.42. The van der Waals surface area contributed by atoms with Crippen LogP contribution in [-0.4, -0.2) is 46.0 Å². The van der Waals surface area contributed by atoms with E-state index < -0.39 is 14.4 Å². The molecule has 5 nitrogen and oxygen atoms in total. The van der Waals surface area contributed by atoms with Gasteiger partial charge < -0.3 is 18.6 Å². The molecule has 0 radical (unpaired) electrons. The molecule has 2 aliphatic heterocycles. The van der Waals surface area contributed by atoms with E-state index >= 15 is 0 Å². The molecule has 0 spiro atoms. The number of hydrogen-bond acceptors (Lipinski definition) is 5. The molecule has 0 aliphatic carbocycles. The first-order valence-electron chi connectivity index (χ1n) is 7.28. The smallest absolute Gasteiger partial charge is 0.334 e. The maximum Gasteiger partial charge on any atom is 0.334 e. The van der Waals surface area contributed by atoms with E-state index in [-0.39, 0.29) is 30.0 Å². The van der Waals surface area contributed by atoms with Crippen molar-refractivity contribution >= 4 is 14.3 Å². The third-order valence-electron chi connectivity index (χ3n) is 4.55. The lowest BCUT2D eigenvalue weighted by Crippen LogP contribution is -2.46. The number of carbonyl (C=O) groups is 1. The van der Waals surface area contributed by atoms with Gasteiger partial charge in [-0.25, -0.2) is 4.79 Å². The zero-order chi connectivity index (χ0) is 15.0. The van der Waals surface area contributed by atoms with Crippen molar-refractivity contribution < 1.29 is 23.4 Å². The van der Waals surface area contributed by atoms with Crippen LogP contribution in [0.2, 0.25) is 18.1 Å². The predicted octanol–water partition coefficient (Wildman–Crippen LogP) is 2.46. The van der Waals surface area contributed by atoms with Gasteiger partial charge in [0.2, 0.25) is 0 Å². The van der Waals surface area contributed by atoms with Gasteiger partial charge in [0.25, 0.3) is 0 Å². The summed E-state index contributed by atoms with van der Waals surface area (Å²) in [6.45, 7) is 11.5. The van der Waals surface area contributed by atoms with Crippen molar-refractivity contribution in [3.63, 3.8) is 0 Å². The SMILES string of the molecule is CC(C)(C)[Si](C)(C)O[C@H]1CC[C@@H]2OCOC[C@H]2OC1=O. The van der Waals surface area contributed by atoms with E-state index in [1.807, 2.05) is 0 Å². The van der Waals surface area contributed by atoms with Crippen LogP contribution in [0.3, 0.4) is 0 Å². The molecule has 2 rings (SSSR count). The van der Waals surface area contributed by atoms with Crippen LogP contribution in [-0.2, 0) is 23.4 Å². The van der Waals surface area contributed by atoms with Crippen LogP contribution in [0.25, 0.3) is 0 Å². The Hall–Kier alpha value is -0.433. The van der Waals surface area contributed by atoms with Gasteiger partial charge in [0.15, 0.2) is 14.4 Å². The minimum atomic E-state index is -1.98. The molecule has 2 saturated heterocycles. The van der Waals surface area contributed by atoms with E-state index in [2.05, 4.69) is 33.9 Å². The second-order valence-corrected chi connectivity index (χ2v) is 11.9. The molecule has 2 fully saturated rings. The molecule has 116 valence electrons. The maximum absolute atomic E-state index is 12.2. The first-order chi connectivity index (χ1) is 9.21. The van der Waals surface area contributed by atoms with Gasteiger partial charge >= 0.3 is 5.97 Å². The number of hydrogen-bond donors (Lipinski definition) is 0. The average molecular weight is 302 g/mol. The van der Waals surface area contributed by atoms with Crippen LogP contribution < -0.4 is 0 Å². The van der Waals surface area contributed by atoms with Crippen LogP contribution in [0.5, 0.6) is 0 Å². The average Bonchev–Trinajstić information content (AvgIpc) is 2.48. The Kier molecular flexibility index (Phi) is 4.58. The number of esters is 1. The molecule has 3 atom stereocenters. The molecule has 6 heteroatoms. The van der Waals surface area contributed by atoms with Gasteiger partial charge in [-0.3, -0.25) is 0 Å². The van der Waals surface area contributed by atoms with Crippen molar-refractivity contribution in [2.75, 3.05) is 13.4 Å². The molecule has 0 saturated carbocycles. The van der Waals surface area contributed by atoms with E-state index in [4.69, 9.17) is 18.6 Å². The van der Waals surface area contributed by atoms with E-state index in [0.717, 1.165) is 6.42 Å². The van der Waals surface area contributed by atoms with Crippen molar-refractivity contribution in [3.8, 4) is 0 Å². The van der Waals surface area contributed by atoms with Gasteiger partial charge in [0.1, 0.15) is 12.9 Å². The van der Waals surface area contributed by atoms with Crippen LogP contribution in [0.1, 0.15) is 33.6 Å². The highest BCUT2D eigenvalue weighted by Gasteiger charge is 2.44. The lowest BCUT2D eigenvalue weighted by Gasteiger charge is -2.38. The molecule has 0 aromatic carbocycles. The summed E-state index contributed by atoms with van der Waals surface area (Å²) in [6.07, 6.45) is 0.626. The molecule has 0 unspecified atom stereocenters. The zero-order valence-corrected chi connectivity index (χ0v) is 14.1. The van der Waals surface area contributed by atoms with E-state index in [9.17, 15) is 4.79 Å². The van der Waals surface area contributed by atoms with E-state index in [1.54, 1.807) is 0 Å². The molecule has 0 aromatic heterocycles. The van der Waals surface area contributed by atoms with Crippen LogP contribution in [0, 0.1) is 0 Å². The Bertz CT molecular complexity index is 363. The third-order valence-corrected chi connectivity index (χ3v) is 9.04. The maximum atomic E-state index is 12.2. The monoisotopic (exact) mass is 302 g/mol. The second-order valence-electron chi connectivity index (χ2n) is 7.11. The fraction of sp³-hybridized carbons (Fsp3) is 0.929. The summed E-state index contributed by atoms with van der Waals surface area (Å²) in [5, 5.41) is 0.0754. The van der Waals surface area contributed by atoms with E-state index in [1.165, 1.54) is 0 Å². The van der Waals surface area contributed by atoms with Crippen molar-refractivity contribution in [1.82, 2.24) is 0 Å². The first kappa shape index (κ1) is 15.9. The Morgan fingerprint density at radius 2 is 1.90 bits per heavy atom. The van der Waals surface area contributed by atoms with Gasteiger partial charge in [-0.1, -0.05) is 20.8 Å². The quantitative estimate of drug-likeness (QED) is 0.579. The molecular weight excluding hydrogens is 276 g/mol. The summed E-state index contributed by atoms with van der Waals surface area (Å²) < 4.78 is 22.4. The van der Waals surface area contributed by atoms with Crippen LogP contribution in [0.15, 0.2) is 0 Å². The Balaban J connectivity index is 2.04. The number of carbonyl (C=O) groups excluding carboxylic acids is 1. The van der Waals surface area contributed by atoms with Gasteiger partial charge in [-0.05, 0) is 31.0 Å². The summed E-state index contributed by atoms with van der Waals surface area (Å²) in [5.74, 6) is -0.267. The summed E-state index contributed by atoms with van der Waals surface area (Å²) in [4.78, 5) is 12.2.